The van der Waals surface area contributed by atoms with Crippen LogP contribution in [-0.4, -0.2) is 28.8 Å². The molecule has 3 N–H and O–H groups in total. The predicted molar refractivity (Wildman–Crippen MR) is 202 cm³/mol. The third-order valence-corrected chi connectivity index (χ3v) is 9.16. The molecule has 9 nitrogen and oxygen atoms in total. The molecular weight excluding hydrogens is 706 g/mol. The largest absolute Gasteiger partial charge is 0.506 e. The van der Waals surface area contributed by atoms with Crippen LogP contribution in [0.3, 0.4) is 0 Å². The van der Waals surface area contributed by atoms with Crippen molar-refractivity contribution >= 4 is 86.8 Å². The fourth-order valence-electron chi connectivity index (χ4n) is 5.39. The van der Waals surface area contributed by atoms with E-state index in [4.69, 9.17) is 46.4 Å². The van der Waals surface area contributed by atoms with Gasteiger partial charge in [-0.05, 0) is 61.4 Å². The first-order valence-corrected chi connectivity index (χ1v) is 18.2. The Bertz CT molecular complexity index is 1660. The number of carbonyl (C=O) groups is 2. The maximum absolute atomic E-state index is 13.7. The number of phenols is 1. The van der Waals surface area contributed by atoms with Crippen molar-refractivity contribution in [2.45, 2.75) is 96.9 Å². The number of hydrogen-bond donors (Lipinski definition) is 3. The number of aromatic hydroxyl groups is 1. The average molecular weight is 749 g/mol. The molecular formula is C36H42Cl4N6O3. The number of azo groups is 1. The Labute approximate surface area is 308 Å². The quantitative estimate of drug-likeness (QED) is 0.0940. The first-order chi connectivity index (χ1) is 23.6. The van der Waals surface area contributed by atoms with Crippen molar-refractivity contribution in [1.82, 2.24) is 0 Å². The number of rotatable bonds is 17. The zero-order valence-electron chi connectivity index (χ0n) is 27.7. The zero-order valence-corrected chi connectivity index (χ0v) is 30.8. The van der Waals surface area contributed by atoms with Crippen molar-refractivity contribution in [3.63, 3.8) is 0 Å². The minimum Gasteiger partial charge on any atom is -0.506 e. The standard InChI is InChI=1S/C36H42Cl4N6O3/c1-3-4-5-6-7-8-9-10-11-12-13-14-32(48)41-25-16-17-26(38)30(22-25)42-35-33(44-43-29-18-15-23(2)19-31(29)47)36(49)46(45-35)34-27(39)20-24(37)21-28(34)40/h15-22,33,47H,3-14H2,1-2H3,(H,41,48)(H,42,45)/b44-43+. The van der Waals surface area contributed by atoms with E-state index in [1.807, 2.05) is 6.92 Å². The Balaban J connectivity index is 1.43. The van der Waals surface area contributed by atoms with Gasteiger partial charge in [-0.3, -0.25) is 9.59 Å². The number of halogens is 4. The summed E-state index contributed by atoms with van der Waals surface area (Å²) in [7, 11) is 0. The van der Waals surface area contributed by atoms with Gasteiger partial charge in [-0.1, -0.05) is 124 Å². The summed E-state index contributed by atoms with van der Waals surface area (Å²) >= 11 is 25.5. The first kappa shape index (κ1) is 38.4. The molecule has 2 amide bonds. The molecule has 1 atom stereocenters. The van der Waals surface area contributed by atoms with E-state index in [2.05, 4.69) is 32.9 Å². The van der Waals surface area contributed by atoms with Crippen molar-refractivity contribution in [1.29, 1.82) is 0 Å². The fraction of sp³-hybridized carbons (Fsp3) is 0.417. The summed E-state index contributed by atoms with van der Waals surface area (Å²) in [6, 6.07) is 11.5. The van der Waals surface area contributed by atoms with Crippen LogP contribution in [-0.2, 0) is 9.59 Å². The van der Waals surface area contributed by atoms with E-state index in [0.29, 0.717) is 22.8 Å². The number of carbonyl (C=O) groups excluding carboxylic acids is 2. The summed E-state index contributed by atoms with van der Waals surface area (Å²) in [6.45, 7) is 4.06. The van der Waals surface area contributed by atoms with E-state index in [1.54, 1.807) is 30.3 Å². The van der Waals surface area contributed by atoms with Gasteiger partial charge in [0.15, 0.2) is 5.84 Å². The van der Waals surface area contributed by atoms with Crippen LogP contribution >= 0.6 is 46.4 Å². The topological polar surface area (TPSA) is 119 Å². The molecule has 3 aromatic rings. The molecule has 262 valence electrons. The first-order valence-electron chi connectivity index (χ1n) is 16.7. The predicted octanol–water partition coefficient (Wildman–Crippen LogP) is 11.9. The molecule has 0 saturated carbocycles. The lowest BCUT2D eigenvalue weighted by Gasteiger charge is -2.15. The van der Waals surface area contributed by atoms with Crippen LogP contribution in [0.25, 0.3) is 0 Å². The molecule has 49 heavy (non-hydrogen) atoms. The van der Waals surface area contributed by atoms with Crippen molar-refractivity contribution in [2.24, 2.45) is 15.3 Å². The van der Waals surface area contributed by atoms with Crippen LogP contribution < -0.4 is 15.6 Å². The molecule has 3 aromatic carbocycles. The maximum atomic E-state index is 13.7. The Morgan fingerprint density at radius 1 is 0.857 bits per heavy atom. The van der Waals surface area contributed by atoms with Gasteiger partial charge in [0.25, 0.3) is 5.91 Å². The molecule has 0 bridgehead atoms. The number of aryl methyl sites for hydroxylation is 1. The Morgan fingerprint density at radius 3 is 2.12 bits per heavy atom. The Kier molecular flexibility index (Phi) is 15.0. The number of amides is 2. The van der Waals surface area contributed by atoms with Gasteiger partial charge in [-0.25, -0.2) is 0 Å². The normalized spacial score (nSPS) is 14.5. The Morgan fingerprint density at radius 2 is 1.49 bits per heavy atom. The van der Waals surface area contributed by atoms with Gasteiger partial charge < -0.3 is 15.7 Å². The number of benzene rings is 3. The summed E-state index contributed by atoms with van der Waals surface area (Å²) in [4.78, 5) is 26.5. The molecule has 0 aliphatic carbocycles. The molecule has 0 saturated heterocycles. The number of hydrogen-bond acceptors (Lipinski definition) is 7. The Hall–Kier alpha value is -3.37. The molecule has 1 aliphatic rings. The SMILES string of the molecule is CCCCCCCCCCCCCC(=O)Nc1ccc(Cl)c(NC2=NN(c3c(Cl)cc(Cl)cc3Cl)C(=O)C2/N=N/c2ccc(C)cc2O)c1. The van der Waals surface area contributed by atoms with Crippen molar-refractivity contribution in [3.05, 3.63) is 74.2 Å². The zero-order chi connectivity index (χ0) is 35.3. The number of nitrogens with zero attached hydrogens (tertiary/aromatic N) is 4. The minimum absolute atomic E-state index is 0.0637. The fourth-order valence-corrected chi connectivity index (χ4v) is 6.53. The summed E-state index contributed by atoms with van der Waals surface area (Å²) in [5.41, 5.74) is 2.00. The lowest BCUT2D eigenvalue weighted by Crippen LogP contribution is -2.33. The summed E-state index contributed by atoms with van der Waals surface area (Å²) in [5, 5.41) is 31.0. The number of hydrazone groups is 1. The molecule has 0 aromatic heterocycles. The molecule has 1 heterocycles. The molecule has 1 unspecified atom stereocenters. The highest BCUT2D eigenvalue weighted by atomic mass is 35.5. The van der Waals surface area contributed by atoms with Crippen LogP contribution in [0.1, 0.15) is 89.5 Å². The van der Waals surface area contributed by atoms with Gasteiger partial charge >= 0.3 is 0 Å². The van der Waals surface area contributed by atoms with Crippen LogP contribution in [0.2, 0.25) is 20.1 Å². The van der Waals surface area contributed by atoms with Crippen LogP contribution in [0.4, 0.5) is 22.7 Å². The van der Waals surface area contributed by atoms with E-state index in [9.17, 15) is 14.7 Å². The highest BCUT2D eigenvalue weighted by molar-refractivity contribution is 6.43. The van der Waals surface area contributed by atoms with Gasteiger partial charge in [-0.15, -0.1) is 5.10 Å². The summed E-state index contributed by atoms with van der Waals surface area (Å²) in [5.74, 6) is -0.744. The van der Waals surface area contributed by atoms with Gasteiger partial charge in [0.05, 0.1) is 20.8 Å². The minimum atomic E-state index is -1.28. The van der Waals surface area contributed by atoms with E-state index in [-0.39, 0.29) is 43.9 Å². The molecule has 0 fully saturated rings. The van der Waals surface area contributed by atoms with Gasteiger partial charge in [-0.2, -0.15) is 15.2 Å². The van der Waals surface area contributed by atoms with Gasteiger partial charge in [0.2, 0.25) is 11.9 Å². The second-order valence-electron chi connectivity index (χ2n) is 12.1. The average Bonchev–Trinajstić information content (AvgIpc) is 3.34. The van der Waals surface area contributed by atoms with E-state index < -0.39 is 11.9 Å². The molecule has 13 heteroatoms. The highest BCUT2D eigenvalue weighted by Gasteiger charge is 2.39. The van der Waals surface area contributed by atoms with Crippen molar-refractivity contribution in [2.75, 3.05) is 15.6 Å². The number of amidine groups is 1. The molecule has 0 radical (unpaired) electrons. The third kappa shape index (κ3) is 11.3. The number of unbranched alkanes of at least 4 members (excludes halogenated alkanes) is 10. The summed E-state index contributed by atoms with van der Waals surface area (Å²) < 4.78 is 0. The molecule has 4 rings (SSSR count). The van der Waals surface area contributed by atoms with Crippen molar-refractivity contribution < 1.29 is 14.7 Å². The second kappa shape index (κ2) is 19.1. The van der Waals surface area contributed by atoms with E-state index in [0.717, 1.165) is 29.8 Å². The van der Waals surface area contributed by atoms with E-state index >= 15 is 0 Å². The summed E-state index contributed by atoms with van der Waals surface area (Å²) in [6.07, 6.45) is 13.7. The van der Waals surface area contributed by atoms with E-state index in [1.165, 1.54) is 69.6 Å². The van der Waals surface area contributed by atoms with Crippen molar-refractivity contribution in [3.8, 4) is 5.75 Å². The third-order valence-electron chi connectivity index (χ3n) is 8.03. The lowest BCUT2D eigenvalue weighted by molar-refractivity contribution is -0.118. The smallest absolute Gasteiger partial charge is 0.282 e. The van der Waals surface area contributed by atoms with Gasteiger partial charge in [0, 0.05) is 17.1 Å². The lowest BCUT2D eigenvalue weighted by atomic mass is 10.1. The van der Waals surface area contributed by atoms with Crippen LogP contribution in [0.5, 0.6) is 5.75 Å². The maximum Gasteiger partial charge on any atom is 0.282 e. The van der Waals surface area contributed by atoms with Crippen LogP contribution in [0, 0.1) is 6.92 Å². The monoisotopic (exact) mass is 746 g/mol. The highest BCUT2D eigenvalue weighted by Crippen LogP contribution is 2.39. The van der Waals surface area contributed by atoms with Gasteiger partial charge in [0.1, 0.15) is 17.1 Å². The number of phenolic OH excluding ortho intramolecular Hbond substituents is 1. The second-order valence-corrected chi connectivity index (χ2v) is 13.8. The number of anilines is 3. The molecule has 1 aliphatic heterocycles. The molecule has 0 spiro atoms. The van der Waals surface area contributed by atoms with Crippen LogP contribution in [0.15, 0.2) is 63.9 Å². The number of nitrogens with one attached hydrogen (secondary N) is 2.